The van der Waals surface area contributed by atoms with Gasteiger partial charge in [-0.3, -0.25) is 4.79 Å². The Hall–Kier alpha value is -2.41. The van der Waals surface area contributed by atoms with E-state index in [0.717, 1.165) is 18.2 Å². The molecule has 0 heterocycles. The van der Waals surface area contributed by atoms with Crippen molar-refractivity contribution < 1.29 is 24.2 Å². The number of phenols is 1. The molecular weight excluding hydrogens is 345 g/mol. The Morgan fingerprint density at radius 3 is 2.43 bits per heavy atom. The van der Waals surface area contributed by atoms with E-state index in [1.807, 2.05) is 0 Å². The van der Waals surface area contributed by atoms with Crippen LogP contribution in [0, 0.1) is 5.82 Å². The fourth-order valence-corrected chi connectivity index (χ4v) is 1.88. The molecule has 7 heteroatoms. The Balaban J connectivity index is 2.21. The molecule has 108 valence electrons. The lowest BCUT2D eigenvalue weighted by Crippen LogP contribution is -2.12. The van der Waals surface area contributed by atoms with E-state index in [4.69, 9.17) is 5.11 Å². The fourth-order valence-electron chi connectivity index (χ4n) is 1.63. The van der Waals surface area contributed by atoms with Gasteiger partial charge in [-0.2, -0.15) is 0 Å². The molecule has 3 N–H and O–H groups in total. The van der Waals surface area contributed by atoms with Gasteiger partial charge < -0.3 is 15.5 Å². The third-order valence-corrected chi connectivity index (χ3v) is 3.31. The first-order chi connectivity index (χ1) is 9.88. The SMILES string of the molecule is O=C(Nc1ccc(C(=O)O)c(O)c1)c1ccc(Br)c(F)c1. The van der Waals surface area contributed by atoms with Crippen molar-refractivity contribution in [3.05, 3.63) is 57.8 Å². The number of anilines is 1. The normalized spacial score (nSPS) is 10.2. The van der Waals surface area contributed by atoms with Crippen LogP contribution in [0.15, 0.2) is 40.9 Å². The lowest BCUT2D eigenvalue weighted by atomic mass is 10.1. The van der Waals surface area contributed by atoms with Crippen LogP contribution < -0.4 is 5.32 Å². The molecule has 0 radical (unpaired) electrons. The zero-order valence-electron chi connectivity index (χ0n) is 10.4. The summed E-state index contributed by atoms with van der Waals surface area (Å²) in [5.74, 6) is -2.90. The van der Waals surface area contributed by atoms with Crippen molar-refractivity contribution in [1.29, 1.82) is 0 Å². The summed E-state index contributed by atoms with van der Waals surface area (Å²) >= 11 is 2.98. The number of aromatic carboxylic acids is 1. The molecule has 0 aromatic heterocycles. The summed E-state index contributed by atoms with van der Waals surface area (Å²) < 4.78 is 13.6. The monoisotopic (exact) mass is 353 g/mol. The average Bonchev–Trinajstić information content (AvgIpc) is 2.41. The Bertz CT molecular complexity index is 733. The minimum atomic E-state index is -1.28. The molecule has 2 rings (SSSR count). The molecule has 21 heavy (non-hydrogen) atoms. The highest BCUT2D eigenvalue weighted by Crippen LogP contribution is 2.23. The number of rotatable bonds is 3. The van der Waals surface area contributed by atoms with Gasteiger partial charge in [-0.05, 0) is 46.3 Å². The number of carboxylic acid groups (broad SMARTS) is 1. The topological polar surface area (TPSA) is 86.6 Å². The van der Waals surface area contributed by atoms with E-state index in [1.165, 1.54) is 18.2 Å². The Morgan fingerprint density at radius 1 is 1.14 bits per heavy atom. The van der Waals surface area contributed by atoms with Crippen LogP contribution in [0.5, 0.6) is 5.75 Å². The van der Waals surface area contributed by atoms with Gasteiger partial charge >= 0.3 is 5.97 Å². The van der Waals surface area contributed by atoms with Gasteiger partial charge in [0.05, 0.1) is 4.47 Å². The molecule has 0 aliphatic carbocycles. The summed E-state index contributed by atoms with van der Waals surface area (Å²) in [6, 6.07) is 7.48. The molecule has 0 saturated heterocycles. The predicted molar refractivity (Wildman–Crippen MR) is 77.1 cm³/mol. The first kappa shape index (κ1) is 15.0. The first-order valence-corrected chi connectivity index (χ1v) is 6.50. The van der Waals surface area contributed by atoms with Gasteiger partial charge in [0.1, 0.15) is 17.1 Å². The average molecular weight is 354 g/mol. The van der Waals surface area contributed by atoms with Crippen LogP contribution >= 0.6 is 15.9 Å². The smallest absolute Gasteiger partial charge is 0.339 e. The second kappa shape index (κ2) is 5.92. The number of halogens is 2. The van der Waals surface area contributed by atoms with Gasteiger partial charge in [0.2, 0.25) is 0 Å². The van der Waals surface area contributed by atoms with Crippen molar-refractivity contribution in [2.75, 3.05) is 5.32 Å². The molecule has 0 saturated carbocycles. The fraction of sp³-hybridized carbons (Fsp3) is 0. The van der Waals surface area contributed by atoms with Crippen molar-refractivity contribution in [2.24, 2.45) is 0 Å². The lowest BCUT2D eigenvalue weighted by molar-refractivity contribution is 0.0693. The zero-order valence-corrected chi connectivity index (χ0v) is 12.0. The van der Waals surface area contributed by atoms with Gasteiger partial charge in [0.15, 0.2) is 0 Å². The molecule has 0 atom stereocenters. The predicted octanol–water partition coefficient (Wildman–Crippen LogP) is 3.24. The number of carbonyl (C=O) groups excluding carboxylic acids is 1. The molecule has 0 aliphatic rings. The summed E-state index contributed by atoms with van der Waals surface area (Å²) in [6.07, 6.45) is 0. The molecule has 0 bridgehead atoms. The van der Waals surface area contributed by atoms with Crippen molar-refractivity contribution in [3.63, 3.8) is 0 Å². The number of carbonyl (C=O) groups is 2. The highest BCUT2D eigenvalue weighted by molar-refractivity contribution is 9.10. The minimum absolute atomic E-state index is 0.0949. The number of benzene rings is 2. The second-order valence-electron chi connectivity index (χ2n) is 4.12. The zero-order chi connectivity index (χ0) is 15.6. The molecule has 1 amide bonds. The van der Waals surface area contributed by atoms with E-state index in [-0.39, 0.29) is 21.3 Å². The van der Waals surface area contributed by atoms with Gasteiger partial charge in [-0.25, -0.2) is 9.18 Å². The second-order valence-corrected chi connectivity index (χ2v) is 4.97. The van der Waals surface area contributed by atoms with E-state index in [2.05, 4.69) is 21.2 Å². The van der Waals surface area contributed by atoms with E-state index in [9.17, 15) is 19.1 Å². The molecule has 2 aromatic carbocycles. The van der Waals surface area contributed by atoms with E-state index < -0.39 is 23.4 Å². The number of nitrogens with one attached hydrogen (secondary N) is 1. The highest BCUT2D eigenvalue weighted by Gasteiger charge is 2.12. The van der Waals surface area contributed by atoms with Gasteiger partial charge in [-0.1, -0.05) is 0 Å². The van der Waals surface area contributed by atoms with E-state index in [1.54, 1.807) is 0 Å². The van der Waals surface area contributed by atoms with Crippen molar-refractivity contribution >= 4 is 33.5 Å². The maximum atomic E-state index is 13.4. The summed E-state index contributed by atoms with van der Waals surface area (Å²) in [5, 5.41) is 20.7. The third-order valence-electron chi connectivity index (χ3n) is 2.67. The van der Waals surface area contributed by atoms with Gasteiger partial charge in [-0.15, -0.1) is 0 Å². The van der Waals surface area contributed by atoms with Gasteiger partial charge in [0, 0.05) is 17.3 Å². The van der Waals surface area contributed by atoms with Crippen molar-refractivity contribution in [2.45, 2.75) is 0 Å². The van der Waals surface area contributed by atoms with Crippen molar-refractivity contribution in [3.8, 4) is 5.75 Å². The Labute approximate surface area is 127 Å². The quantitative estimate of drug-likeness (QED) is 0.790. The highest BCUT2D eigenvalue weighted by atomic mass is 79.9. The number of amides is 1. The largest absolute Gasteiger partial charge is 0.507 e. The van der Waals surface area contributed by atoms with Gasteiger partial charge in [0.25, 0.3) is 5.91 Å². The molecule has 0 unspecified atom stereocenters. The number of hydrogen-bond acceptors (Lipinski definition) is 3. The first-order valence-electron chi connectivity index (χ1n) is 5.71. The van der Waals surface area contributed by atoms with Crippen LogP contribution in [0.1, 0.15) is 20.7 Å². The summed E-state index contributed by atoms with van der Waals surface area (Å²) in [7, 11) is 0. The molecule has 0 fully saturated rings. The minimum Gasteiger partial charge on any atom is -0.507 e. The molecule has 2 aromatic rings. The van der Waals surface area contributed by atoms with Crippen LogP contribution in [0.25, 0.3) is 0 Å². The maximum Gasteiger partial charge on any atom is 0.339 e. The summed E-state index contributed by atoms with van der Waals surface area (Å²) in [4.78, 5) is 22.7. The van der Waals surface area contributed by atoms with Crippen LogP contribution in [-0.4, -0.2) is 22.1 Å². The molecular formula is C14H9BrFNO4. The third kappa shape index (κ3) is 3.38. The van der Waals surface area contributed by atoms with Crippen LogP contribution in [-0.2, 0) is 0 Å². The molecule has 0 spiro atoms. The maximum absolute atomic E-state index is 13.4. The number of aromatic hydroxyl groups is 1. The lowest BCUT2D eigenvalue weighted by Gasteiger charge is -2.07. The molecule has 0 aliphatic heterocycles. The number of hydrogen-bond donors (Lipinski definition) is 3. The Morgan fingerprint density at radius 2 is 1.86 bits per heavy atom. The van der Waals surface area contributed by atoms with Crippen LogP contribution in [0.4, 0.5) is 10.1 Å². The van der Waals surface area contributed by atoms with E-state index >= 15 is 0 Å². The van der Waals surface area contributed by atoms with Crippen LogP contribution in [0.3, 0.4) is 0 Å². The molecule has 5 nitrogen and oxygen atoms in total. The van der Waals surface area contributed by atoms with Crippen molar-refractivity contribution in [1.82, 2.24) is 0 Å². The van der Waals surface area contributed by atoms with E-state index in [0.29, 0.717) is 0 Å². The number of carboxylic acids is 1. The Kier molecular flexibility index (Phi) is 4.23. The standard InChI is InChI=1S/C14H9BrFNO4/c15-10-4-1-7(5-11(10)16)13(19)17-8-2-3-9(14(20)21)12(18)6-8/h1-6,18H,(H,17,19)(H,20,21). The van der Waals surface area contributed by atoms with Crippen LogP contribution in [0.2, 0.25) is 0 Å². The summed E-state index contributed by atoms with van der Waals surface area (Å²) in [5.41, 5.74) is 0.0195. The summed E-state index contributed by atoms with van der Waals surface area (Å²) in [6.45, 7) is 0.